The lowest BCUT2D eigenvalue weighted by Crippen LogP contribution is -2.49. The van der Waals surface area contributed by atoms with Crippen LogP contribution in [0.1, 0.15) is 30.7 Å². The van der Waals surface area contributed by atoms with E-state index in [-0.39, 0.29) is 6.03 Å². The van der Waals surface area contributed by atoms with E-state index in [0.29, 0.717) is 18.6 Å². The number of aromatic nitrogens is 1. The highest BCUT2D eigenvalue weighted by atomic mass is 32.1. The van der Waals surface area contributed by atoms with Crippen molar-refractivity contribution >= 4 is 27.6 Å². The van der Waals surface area contributed by atoms with Gasteiger partial charge in [-0.05, 0) is 37.9 Å². The third kappa shape index (κ3) is 3.19. The molecule has 0 radical (unpaired) electrons. The minimum absolute atomic E-state index is 0.0679. The minimum atomic E-state index is -0.0679. The maximum absolute atomic E-state index is 12.2. The molecule has 23 heavy (non-hydrogen) atoms. The van der Waals surface area contributed by atoms with Crippen molar-refractivity contribution in [3.63, 3.8) is 0 Å². The summed E-state index contributed by atoms with van der Waals surface area (Å²) in [7, 11) is 0. The lowest BCUT2D eigenvalue weighted by molar-refractivity contribution is 0.179. The minimum Gasteiger partial charge on any atom is -0.334 e. The molecule has 0 spiro atoms. The Labute approximate surface area is 140 Å². The molecule has 2 amide bonds. The lowest BCUT2D eigenvalue weighted by Gasteiger charge is -2.32. The fourth-order valence-corrected chi connectivity index (χ4v) is 4.69. The van der Waals surface area contributed by atoms with Crippen LogP contribution in [0.4, 0.5) is 4.79 Å². The van der Waals surface area contributed by atoms with Crippen molar-refractivity contribution in [3.8, 4) is 0 Å². The molecule has 2 aromatic rings. The summed E-state index contributed by atoms with van der Waals surface area (Å²) in [5.74, 6) is 0. The molecule has 122 valence electrons. The molecule has 1 aromatic carbocycles. The molecule has 3 heterocycles. The first kappa shape index (κ1) is 14.9. The van der Waals surface area contributed by atoms with E-state index in [1.165, 1.54) is 30.5 Å². The molecule has 5 nitrogen and oxygen atoms in total. The molecule has 2 fully saturated rings. The number of thiazole rings is 1. The average molecular weight is 330 g/mol. The van der Waals surface area contributed by atoms with Crippen LogP contribution >= 0.6 is 11.3 Å². The summed E-state index contributed by atoms with van der Waals surface area (Å²) in [5.41, 5.74) is 1.00. The van der Waals surface area contributed by atoms with Gasteiger partial charge in [-0.2, -0.15) is 0 Å². The number of urea groups is 1. The molecule has 2 aliphatic rings. The molecule has 0 saturated carbocycles. The Morgan fingerprint density at radius 2 is 2.17 bits per heavy atom. The standard InChI is InChI=1S/C17H22N4OS/c22-17(20-12-8-10-21-9-4-3-6-14(12)21)18-11-16-19-13-5-1-2-7-15(13)23-16/h1-2,5,7,12,14H,3-4,6,8-11H2,(H2,18,20,22). The van der Waals surface area contributed by atoms with Crippen LogP contribution in [-0.2, 0) is 6.54 Å². The number of para-hydroxylation sites is 1. The van der Waals surface area contributed by atoms with Gasteiger partial charge in [0.15, 0.2) is 0 Å². The molecule has 2 aliphatic heterocycles. The van der Waals surface area contributed by atoms with E-state index >= 15 is 0 Å². The molecule has 6 heteroatoms. The van der Waals surface area contributed by atoms with Crippen LogP contribution in [0.15, 0.2) is 24.3 Å². The number of hydrogen-bond donors (Lipinski definition) is 2. The Morgan fingerprint density at radius 3 is 3.09 bits per heavy atom. The third-order valence-corrected chi connectivity index (χ3v) is 5.95. The predicted molar refractivity (Wildman–Crippen MR) is 92.6 cm³/mol. The van der Waals surface area contributed by atoms with Gasteiger partial charge in [-0.1, -0.05) is 18.6 Å². The fraction of sp³-hybridized carbons (Fsp3) is 0.529. The summed E-state index contributed by atoms with van der Waals surface area (Å²) < 4.78 is 1.17. The third-order valence-electron chi connectivity index (χ3n) is 4.91. The number of hydrogen-bond acceptors (Lipinski definition) is 4. The highest BCUT2D eigenvalue weighted by Crippen LogP contribution is 2.27. The van der Waals surface area contributed by atoms with Crippen LogP contribution in [0, 0.1) is 0 Å². The first-order chi connectivity index (χ1) is 11.3. The van der Waals surface area contributed by atoms with E-state index in [4.69, 9.17) is 0 Å². The molecule has 4 rings (SSSR count). The number of benzene rings is 1. The molecule has 2 atom stereocenters. The van der Waals surface area contributed by atoms with Crippen molar-refractivity contribution in [1.29, 1.82) is 0 Å². The van der Waals surface area contributed by atoms with Crippen molar-refractivity contribution in [1.82, 2.24) is 20.5 Å². The second kappa shape index (κ2) is 6.45. The van der Waals surface area contributed by atoms with Crippen molar-refractivity contribution < 1.29 is 4.79 Å². The van der Waals surface area contributed by atoms with Gasteiger partial charge in [0.05, 0.1) is 16.8 Å². The predicted octanol–water partition coefficient (Wildman–Crippen LogP) is 2.72. The Balaban J connectivity index is 1.31. The van der Waals surface area contributed by atoms with Gasteiger partial charge in [-0.25, -0.2) is 9.78 Å². The van der Waals surface area contributed by atoms with E-state index in [0.717, 1.165) is 23.5 Å². The van der Waals surface area contributed by atoms with E-state index in [2.05, 4.69) is 26.6 Å². The maximum atomic E-state index is 12.2. The zero-order chi connectivity index (χ0) is 15.6. The molecule has 0 aliphatic carbocycles. The second-order valence-corrected chi connectivity index (χ2v) is 7.51. The van der Waals surface area contributed by atoms with Gasteiger partial charge in [0.1, 0.15) is 5.01 Å². The molecule has 2 N–H and O–H groups in total. The van der Waals surface area contributed by atoms with E-state index in [1.54, 1.807) is 11.3 Å². The molecule has 0 bridgehead atoms. The summed E-state index contributed by atoms with van der Waals surface area (Å²) >= 11 is 1.64. The van der Waals surface area contributed by atoms with Gasteiger partial charge in [0.25, 0.3) is 0 Å². The van der Waals surface area contributed by atoms with Gasteiger partial charge in [0.2, 0.25) is 0 Å². The number of carbonyl (C=O) groups excluding carboxylic acids is 1. The summed E-state index contributed by atoms with van der Waals surface area (Å²) in [5, 5.41) is 7.08. The largest absolute Gasteiger partial charge is 0.334 e. The summed E-state index contributed by atoms with van der Waals surface area (Å²) in [4.78, 5) is 19.3. The Hall–Kier alpha value is -1.66. The van der Waals surface area contributed by atoms with Crippen LogP contribution in [-0.4, -0.2) is 41.1 Å². The highest BCUT2D eigenvalue weighted by Gasteiger charge is 2.36. The number of piperidine rings is 1. The van der Waals surface area contributed by atoms with Gasteiger partial charge in [0, 0.05) is 18.6 Å². The highest BCUT2D eigenvalue weighted by molar-refractivity contribution is 7.18. The molecule has 1 aromatic heterocycles. The monoisotopic (exact) mass is 330 g/mol. The number of nitrogens with zero attached hydrogens (tertiary/aromatic N) is 2. The Bertz CT molecular complexity index is 668. The van der Waals surface area contributed by atoms with Crippen molar-refractivity contribution in [3.05, 3.63) is 29.3 Å². The smallest absolute Gasteiger partial charge is 0.315 e. The quantitative estimate of drug-likeness (QED) is 0.910. The number of amides is 2. The van der Waals surface area contributed by atoms with Gasteiger partial charge < -0.3 is 10.6 Å². The normalized spacial score (nSPS) is 24.5. The van der Waals surface area contributed by atoms with Crippen LogP contribution in [0.2, 0.25) is 0 Å². The van der Waals surface area contributed by atoms with Gasteiger partial charge in [-0.3, -0.25) is 4.90 Å². The number of rotatable bonds is 3. The summed E-state index contributed by atoms with van der Waals surface area (Å²) in [6.07, 6.45) is 4.86. The van der Waals surface area contributed by atoms with Crippen LogP contribution < -0.4 is 10.6 Å². The zero-order valence-corrected chi connectivity index (χ0v) is 13.9. The molecule has 2 saturated heterocycles. The van der Waals surface area contributed by atoms with E-state index in [9.17, 15) is 4.79 Å². The number of nitrogens with one attached hydrogen (secondary N) is 2. The first-order valence-electron chi connectivity index (χ1n) is 8.42. The summed E-state index contributed by atoms with van der Waals surface area (Å²) in [6.45, 7) is 2.80. The Morgan fingerprint density at radius 1 is 1.26 bits per heavy atom. The van der Waals surface area contributed by atoms with Gasteiger partial charge >= 0.3 is 6.03 Å². The molecular formula is C17H22N4OS. The SMILES string of the molecule is O=C(NCc1nc2ccccc2s1)NC1CCN2CCCCC12. The van der Waals surface area contributed by atoms with Crippen LogP contribution in [0.5, 0.6) is 0 Å². The zero-order valence-electron chi connectivity index (χ0n) is 13.1. The molecular weight excluding hydrogens is 308 g/mol. The van der Waals surface area contributed by atoms with Gasteiger partial charge in [-0.15, -0.1) is 11.3 Å². The first-order valence-corrected chi connectivity index (χ1v) is 9.24. The number of carbonyl (C=O) groups is 1. The Kier molecular flexibility index (Phi) is 4.18. The lowest BCUT2D eigenvalue weighted by atomic mass is 9.99. The summed E-state index contributed by atoms with van der Waals surface area (Å²) in [6, 6.07) is 8.84. The second-order valence-electron chi connectivity index (χ2n) is 6.40. The fourth-order valence-electron chi connectivity index (χ4n) is 3.79. The van der Waals surface area contributed by atoms with Crippen molar-refractivity contribution in [2.45, 2.75) is 44.3 Å². The van der Waals surface area contributed by atoms with E-state index < -0.39 is 0 Å². The number of fused-ring (bicyclic) bond motifs is 2. The van der Waals surface area contributed by atoms with Crippen LogP contribution in [0.25, 0.3) is 10.2 Å². The maximum Gasteiger partial charge on any atom is 0.315 e. The topological polar surface area (TPSA) is 57.3 Å². The van der Waals surface area contributed by atoms with Crippen LogP contribution in [0.3, 0.4) is 0 Å². The van der Waals surface area contributed by atoms with Crippen molar-refractivity contribution in [2.24, 2.45) is 0 Å². The average Bonchev–Trinajstić information content (AvgIpc) is 3.17. The van der Waals surface area contributed by atoms with Crippen molar-refractivity contribution in [2.75, 3.05) is 13.1 Å². The molecule has 2 unspecified atom stereocenters. The van der Waals surface area contributed by atoms with E-state index in [1.807, 2.05) is 18.2 Å².